The van der Waals surface area contributed by atoms with Gasteiger partial charge < -0.3 is 16.4 Å². The van der Waals surface area contributed by atoms with E-state index in [2.05, 4.69) is 23.7 Å². The van der Waals surface area contributed by atoms with Gasteiger partial charge in [-0.25, -0.2) is 4.98 Å². The summed E-state index contributed by atoms with van der Waals surface area (Å²) in [5.41, 5.74) is 11.8. The Morgan fingerprint density at radius 1 is 1.40 bits per heavy atom. The van der Waals surface area contributed by atoms with Gasteiger partial charge in [0.05, 0.1) is 5.69 Å². The molecule has 0 saturated heterocycles. The number of hydrogen-bond acceptors (Lipinski definition) is 4. The normalized spacial score (nSPS) is 12.5. The molecule has 84 valence electrons. The Morgan fingerprint density at radius 3 is 2.60 bits per heavy atom. The highest BCUT2D eigenvalue weighted by molar-refractivity contribution is 5.62. The number of nitrogen functional groups attached to an aromatic ring is 2. The van der Waals surface area contributed by atoms with Gasteiger partial charge in [0.25, 0.3) is 0 Å². The first-order valence-corrected chi connectivity index (χ1v) is 5.27. The Hall–Kier alpha value is -1.45. The summed E-state index contributed by atoms with van der Waals surface area (Å²) in [7, 11) is 2.02. The number of anilines is 3. The lowest BCUT2D eigenvalue weighted by Crippen LogP contribution is -2.24. The Balaban J connectivity index is 2.73. The number of aromatic nitrogens is 1. The molecule has 1 aromatic heterocycles. The maximum absolute atomic E-state index is 5.66. The molecule has 4 heteroatoms. The maximum Gasteiger partial charge on any atom is 0.149 e. The molecule has 4 N–H and O–H groups in total. The molecule has 0 radical (unpaired) electrons. The summed E-state index contributed by atoms with van der Waals surface area (Å²) in [6, 6.07) is 3.69. The third-order valence-electron chi connectivity index (χ3n) is 2.62. The van der Waals surface area contributed by atoms with Crippen molar-refractivity contribution in [2.75, 3.05) is 30.0 Å². The molecule has 4 nitrogen and oxygen atoms in total. The lowest BCUT2D eigenvalue weighted by atomic mass is 10.1. The molecular formula is C11H20N4. The fourth-order valence-corrected chi connectivity index (χ4v) is 1.38. The fourth-order valence-electron chi connectivity index (χ4n) is 1.38. The predicted molar refractivity (Wildman–Crippen MR) is 65.8 cm³/mol. The minimum Gasteiger partial charge on any atom is -0.396 e. The van der Waals surface area contributed by atoms with Crippen LogP contribution in [0.3, 0.4) is 0 Å². The van der Waals surface area contributed by atoms with Crippen LogP contribution in [0.25, 0.3) is 0 Å². The number of nitrogens with zero attached hydrogens (tertiary/aromatic N) is 2. The van der Waals surface area contributed by atoms with Gasteiger partial charge in [0, 0.05) is 13.6 Å². The number of rotatable bonds is 4. The molecule has 1 unspecified atom stereocenters. The topological polar surface area (TPSA) is 68.2 Å². The standard InChI is InChI=1S/C11H20N4/c1-4-8(2)7-15(3)10-6-5-9(12)11(13)14-10/h5-6,8H,4,7,12H2,1-3H3,(H2,13,14). The molecule has 0 saturated carbocycles. The third kappa shape index (κ3) is 3.01. The molecule has 0 bridgehead atoms. The van der Waals surface area contributed by atoms with Crippen molar-refractivity contribution < 1.29 is 0 Å². The average molecular weight is 208 g/mol. The van der Waals surface area contributed by atoms with Crippen molar-refractivity contribution in [3.63, 3.8) is 0 Å². The summed E-state index contributed by atoms with van der Waals surface area (Å²) >= 11 is 0. The lowest BCUT2D eigenvalue weighted by molar-refractivity contribution is 0.558. The van der Waals surface area contributed by atoms with E-state index in [9.17, 15) is 0 Å². The molecule has 0 aromatic carbocycles. The van der Waals surface area contributed by atoms with Crippen LogP contribution in [0.4, 0.5) is 17.3 Å². The Morgan fingerprint density at radius 2 is 2.07 bits per heavy atom. The summed E-state index contributed by atoms with van der Waals surface area (Å²) < 4.78 is 0. The van der Waals surface area contributed by atoms with Gasteiger partial charge in [-0.15, -0.1) is 0 Å². The zero-order valence-electron chi connectivity index (χ0n) is 9.70. The van der Waals surface area contributed by atoms with E-state index in [4.69, 9.17) is 11.5 Å². The van der Waals surface area contributed by atoms with E-state index >= 15 is 0 Å². The molecule has 0 aliphatic rings. The van der Waals surface area contributed by atoms with Crippen LogP contribution in [-0.4, -0.2) is 18.6 Å². The second-order valence-corrected chi connectivity index (χ2v) is 4.04. The quantitative estimate of drug-likeness (QED) is 0.790. The first-order chi connectivity index (χ1) is 7.04. The minimum absolute atomic E-state index is 0.406. The Bertz CT molecular complexity index is 324. The molecule has 1 heterocycles. The fraction of sp³-hybridized carbons (Fsp3) is 0.545. The maximum atomic E-state index is 5.66. The second kappa shape index (κ2) is 4.87. The average Bonchev–Trinajstić information content (AvgIpc) is 2.21. The van der Waals surface area contributed by atoms with Crippen LogP contribution in [-0.2, 0) is 0 Å². The van der Waals surface area contributed by atoms with E-state index in [1.807, 2.05) is 13.1 Å². The number of nitrogens with two attached hydrogens (primary N) is 2. The molecule has 0 aliphatic carbocycles. The summed E-state index contributed by atoms with van der Waals surface area (Å²) in [4.78, 5) is 6.34. The van der Waals surface area contributed by atoms with Gasteiger partial charge in [-0.3, -0.25) is 0 Å². The Kier molecular flexibility index (Phi) is 3.77. The van der Waals surface area contributed by atoms with Gasteiger partial charge in [0.15, 0.2) is 0 Å². The van der Waals surface area contributed by atoms with Gasteiger partial charge in [-0.2, -0.15) is 0 Å². The van der Waals surface area contributed by atoms with E-state index in [1.165, 1.54) is 0 Å². The highest BCUT2D eigenvalue weighted by atomic mass is 15.2. The summed E-state index contributed by atoms with van der Waals surface area (Å²) in [6.07, 6.45) is 1.16. The van der Waals surface area contributed by atoms with Crippen LogP contribution < -0.4 is 16.4 Å². The summed E-state index contributed by atoms with van der Waals surface area (Å²) in [5.74, 6) is 1.93. The predicted octanol–water partition coefficient (Wildman–Crippen LogP) is 1.73. The van der Waals surface area contributed by atoms with Gasteiger partial charge in [-0.05, 0) is 18.1 Å². The highest BCUT2D eigenvalue weighted by Gasteiger charge is 2.07. The minimum atomic E-state index is 0.406. The van der Waals surface area contributed by atoms with Crippen LogP contribution in [0.5, 0.6) is 0 Å². The van der Waals surface area contributed by atoms with E-state index in [0.29, 0.717) is 17.4 Å². The zero-order valence-corrected chi connectivity index (χ0v) is 9.70. The monoisotopic (exact) mass is 208 g/mol. The van der Waals surface area contributed by atoms with Crippen molar-refractivity contribution in [1.29, 1.82) is 0 Å². The Labute approximate surface area is 91.3 Å². The van der Waals surface area contributed by atoms with Crippen LogP contribution in [0.15, 0.2) is 12.1 Å². The first-order valence-electron chi connectivity index (χ1n) is 5.27. The van der Waals surface area contributed by atoms with Gasteiger partial charge in [0.1, 0.15) is 11.6 Å². The van der Waals surface area contributed by atoms with E-state index < -0.39 is 0 Å². The summed E-state index contributed by atoms with van der Waals surface area (Å²) in [5, 5.41) is 0. The van der Waals surface area contributed by atoms with Crippen molar-refractivity contribution in [2.24, 2.45) is 5.92 Å². The lowest BCUT2D eigenvalue weighted by Gasteiger charge is -2.22. The molecule has 1 aromatic rings. The highest BCUT2D eigenvalue weighted by Crippen LogP contribution is 2.18. The largest absolute Gasteiger partial charge is 0.396 e. The van der Waals surface area contributed by atoms with Gasteiger partial charge in [-0.1, -0.05) is 20.3 Å². The molecule has 1 rings (SSSR count). The van der Waals surface area contributed by atoms with E-state index in [1.54, 1.807) is 6.07 Å². The molecule has 0 fully saturated rings. The molecule has 0 aliphatic heterocycles. The van der Waals surface area contributed by atoms with Gasteiger partial charge >= 0.3 is 0 Å². The smallest absolute Gasteiger partial charge is 0.149 e. The SMILES string of the molecule is CCC(C)CN(C)c1ccc(N)c(N)n1. The number of hydrogen-bond donors (Lipinski definition) is 2. The van der Waals surface area contributed by atoms with Crippen molar-refractivity contribution in [2.45, 2.75) is 20.3 Å². The van der Waals surface area contributed by atoms with Crippen molar-refractivity contribution >= 4 is 17.3 Å². The van der Waals surface area contributed by atoms with Crippen molar-refractivity contribution in [1.82, 2.24) is 4.98 Å². The first kappa shape index (κ1) is 11.6. The van der Waals surface area contributed by atoms with E-state index in [-0.39, 0.29) is 0 Å². The van der Waals surface area contributed by atoms with Crippen LogP contribution in [0.1, 0.15) is 20.3 Å². The molecular weight excluding hydrogens is 188 g/mol. The van der Waals surface area contributed by atoms with Crippen molar-refractivity contribution in [3.05, 3.63) is 12.1 Å². The third-order valence-corrected chi connectivity index (χ3v) is 2.62. The molecule has 0 amide bonds. The van der Waals surface area contributed by atoms with Crippen LogP contribution in [0, 0.1) is 5.92 Å². The zero-order chi connectivity index (χ0) is 11.4. The van der Waals surface area contributed by atoms with Crippen LogP contribution >= 0.6 is 0 Å². The summed E-state index contributed by atoms with van der Waals surface area (Å²) in [6.45, 7) is 5.38. The molecule has 1 atom stereocenters. The van der Waals surface area contributed by atoms with E-state index in [0.717, 1.165) is 18.8 Å². The second-order valence-electron chi connectivity index (χ2n) is 4.04. The number of pyridine rings is 1. The molecule has 0 spiro atoms. The van der Waals surface area contributed by atoms with Gasteiger partial charge in [0.2, 0.25) is 0 Å². The van der Waals surface area contributed by atoms with Crippen LogP contribution in [0.2, 0.25) is 0 Å². The van der Waals surface area contributed by atoms with Crippen molar-refractivity contribution in [3.8, 4) is 0 Å². The molecule has 15 heavy (non-hydrogen) atoms.